The van der Waals surface area contributed by atoms with Crippen LogP contribution in [-0.4, -0.2) is 9.13 Å². The van der Waals surface area contributed by atoms with Crippen LogP contribution in [0.15, 0.2) is 212 Å². The molecule has 0 radical (unpaired) electrons. The van der Waals surface area contributed by atoms with Crippen LogP contribution in [0.25, 0.3) is 83.5 Å². The zero-order valence-corrected chi connectivity index (χ0v) is 35.9. The largest absolute Gasteiger partial charge is 0.457 e. The summed E-state index contributed by atoms with van der Waals surface area (Å²) in [7, 11) is 0. The number of allylic oxidation sites excluding steroid dienone is 1. The number of aromatic nitrogens is 2. The van der Waals surface area contributed by atoms with E-state index in [0.29, 0.717) is 5.92 Å². The minimum atomic E-state index is -0.494. The Morgan fingerprint density at radius 1 is 0.446 bits per heavy atom. The Morgan fingerprint density at radius 3 is 1.78 bits per heavy atom. The van der Waals surface area contributed by atoms with Crippen molar-refractivity contribution < 1.29 is 4.74 Å². The molecule has 9 aromatic carbocycles. The van der Waals surface area contributed by atoms with Crippen molar-refractivity contribution in [2.45, 2.75) is 24.7 Å². The minimum absolute atomic E-state index is 0.376. The molecule has 1 atom stereocenters. The lowest BCUT2D eigenvalue weighted by Crippen LogP contribution is -2.32. The first-order valence-corrected chi connectivity index (χ1v) is 22.8. The minimum Gasteiger partial charge on any atom is -0.457 e. The Kier molecular flexibility index (Phi) is 7.65. The van der Waals surface area contributed by atoms with Crippen molar-refractivity contribution in [3.63, 3.8) is 0 Å². The lowest BCUT2D eigenvalue weighted by molar-refractivity contribution is 0.436. The first-order valence-electron chi connectivity index (χ1n) is 22.8. The van der Waals surface area contributed by atoms with Crippen LogP contribution in [0.5, 0.6) is 11.5 Å². The molecule has 0 fully saturated rings. The van der Waals surface area contributed by atoms with E-state index in [9.17, 15) is 0 Å². The Labute approximate surface area is 377 Å². The van der Waals surface area contributed by atoms with Crippen molar-refractivity contribution in [1.29, 1.82) is 0 Å². The van der Waals surface area contributed by atoms with Gasteiger partial charge in [-0.2, -0.15) is 0 Å². The second-order valence-corrected chi connectivity index (χ2v) is 18.0. The first kappa shape index (κ1) is 36.4. The molecule has 11 aromatic rings. The fourth-order valence-electron chi connectivity index (χ4n) is 11.9. The van der Waals surface area contributed by atoms with E-state index in [1.807, 2.05) is 0 Å². The average Bonchev–Trinajstić information content (AvgIpc) is 3.99. The van der Waals surface area contributed by atoms with E-state index in [4.69, 9.17) is 4.74 Å². The number of rotatable bonds is 4. The van der Waals surface area contributed by atoms with E-state index in [2.05, 4.69) is 234 Å². The molecule has 3 heteroatoms. The van der Waals surface area contributed by atoms with Gasteiger partial charge in [0.2, 0.25) is 0 Å². The highest BCUT2D eigenvalue weighted by Crippen LogP contribution is 2.63. The Morgan fingerprint density at radius 2 is 1.02 bits per heavy atom. The van der Waals surface area contributed by atoms with Crippen molar-refractivity contribution in [2.75, 3.05) is 0 Å². The van der Waals surface area contributed by atoms with Crippen LogP contribution in [0.2, 0.25) is 0 Å². The van der Waals surface area contributed by atoms with Crippen LogP contribution in [0.4, 0.5) is 0 Å². The molecule has 3 nitrogen and oxygen atoms in total. The molecule has 14 rings (SSSR count). The quantitative estimate of drug-likeness (QED) is 0.173. The first-order chi connectivity index (χ1) is 32.2. The van der Waals surface area contributed by atoms with Crippen LogP contribution < -0.4 is 4.74 Å². The predicted molar refractivity (Wildman–Crippen MR) is 268 cm³/mol. The molecule has 306 valence electrons. The highest BCUT2D eigenvalue weighted by Gasteiger charge is 2.51. The summed E-state index contributed by atoms with van der Waals surface area (Å²) in [5, 5.41) is 3.82. The summed E-state index contributed by atoms with van der Waals surface area (Å²) in [5.74, 6) is 2.20. The normalized spacial score (nSPS) is 15.1. The van der Waals surface area contributed by atoms with Crippen molar-refractivity contribution in [3.8, 4) is 56.3 Å². The molecule has 0 saturated heterocycles. The standard InChI is InChI=1S/C62H42N2O/c1-39-15-13-21-47-50-38-42(41-31-35-56-49(37-41)46-18-6-10-26-55(46)63(56)43-16-3-2-4-17-43)32-36-57(50)64(61(39)47)44-33-29-40(30-34-44)45-20-14-25-54-60(45)48-19-5-7-22-51(48)62(54)52-23-8-11-27-58(52)65-59-28-12-9-24-53(59)62/h2-14,16-39H,15H2,1H3. The van der Waals surface area contributed by atoms with E-state index >= 15 is 0 Å². The Balaban J connectivity index is 0.899. The molecule has 2 aromatic heterocycles. The van der Waals surface area contributed by atoms with Gasteiger partial charge >= 0.3 is 0 Å². The fourth-order valence-corrected chi connectivity index (χ4v) is 11.9. The molecular formula is C62H42N2O. The van der Waals surface area contributed by atoms with E-state index in [1.165, 1.54) is 111 Å². The van der Waals surface area contributed by atoms with E-state index in [-0.39, 0.29) is 0 Å². The van der Waals surface area contributed by atoms with Crippen molar-refractivity contribution in [1.82, 2.24) is 9.13 Å². The monoisotopic (exact) mass is 830 g/mol. The number of ether oxygens (including phenoxy) is 1. The molecule has 3 aliphatic rings. The Bertz CT molecular complexity index is 3740. The number of para-hydroxylation sites is 4. The summed E-state index contributed by atoms with van der Waals surface area (Å²) < 4.78 is 11.5. The summed E-state index contributed by atoms with van der Waals surface area (Å²) in [5.41, 5.74) is 20.7. The summed E-state index contributed by atoms with van der Waals surface area (Å²) in [6.45, 7) is 2.37. The van der Waals surface area contributed by atoms with Crippen LogP contribution in [-0.2, 0) is 5.41 Å². The molecule has 0 bridgehead atoms. The van der Waals surface area contributed by atoms with Gasteiger partial charge in [0.25, 0.3) is 0 Å². The number of fused-ring (bicyclic) bond motifs is 15. The molecule has 0 saturated carbocycles. The van der Waals surface area contributed by atoms with Gasteiger partial charge in [-0.25, -0.2) is 0 Å². The molecule has 0 amide bonds. The van der Waals surface area contributed by atoms with E-state index in [1.54, 1.807) is 0 Å². The van der Waals surface area contributed by atoms with Gasteiger partial charge in [-0.15, -0.1) is 0 Å². The zero-order valence-electron chi connectivity index (χ0n) is 35.9. The number of hydrogen-bond donors (Lipinski definition) is 0. The van der Waals surface area contributed by atoms with Crippen LogP contribution in [0, 0.1) is 0 Å². The van der Waals surface area contributed by atoms with Crippen molar-refractivity contribution in [3.05, 3.63) is 246 Å². The molecular weight excluding hydrogens is 789 g/mol. The number of hydrogen-bond acceptors (Lipinski definition) is 1. The third kappa shape index (κ3) is 5.01. The maximum absolute atomic E-state index is 6.60. The highest BCUT2D eigenvalue weighted by molar-refractivity contribution is 6.11. The Hall–Kier alpha value is -8.14. The van der Waals surface area contributed by atoms with Gasteiger partial charge in [-0.05, 0) is 118 Å². The third-order valence-corrected chi connectivity index (χ3v) is 14.6. The van der Waals surface area contributed by atoms with Crippen LogP contribution in [0.3, 0.4) is 0 Å². The van der Waals surface area contributed by atoms with Gasteiger partial charge in [-0.1, -0.05) is 159 Å². The maximum Gasteiger partial charge on any atom is 0.132 e. The second-order valence-electron chi connectivity index (χ2n) is 18.0. The summed E-state index contributed by atoms with van der Waals surface area (Å²) in [6, 6.07) is 76.0. The van der Waals surface area contributed by atoms with Gasteiger partial charge in [-0.3, -0.25) is 0 Å². The smallest absolute Gasteiger partial charge is 0.132 e. The second kappa shape index (κ2) is 13.7. The van der Waals surface area contributed by atoms with Crippen molar-refractivity contribution in [2.24, 2.45) is 0 Å². The van der Waals surface area contributed by atoms with E-state index in [0.717, 1.165) is 17.9 Å². The van der Waals surface area contributed by atoms with Crippen LogP contribution in [0.1, 0.15) is 52.8 Å². The lowest BCUT2D eigenvalue weighted by atomic mass is 9.66. The maximum atomic E-state index is 6.60. The van der Waals surface area contributed by atoms with Crippen molar-refractivity contribution >= 4 is 38.8 Å². The van der Waals surface area contributed by atoms with E-state index < -0.39 is 5.41 Å². The summed E-state index contributed by atoms with van der Waals surface area (Å²) in [4.78, 5) is 0. The lowest BCUT2D eigenvalue weighted by Gasteiger charge is -2.39. The molecule has 0 N–H and O–H groups in total. The van der Waals surface area contributed by atoms with Gasteiger partial charge in [0.15, 0.2) is 0 Å². The van der Waals surface area contributed by atoms with Gasteiger partial charge in [0.1, 0.15) is 11.5 Å². The fraction of sp³-hybridized carbons (Fsp3) is 0.0645. The predicted octanol–water partition coefficient (Wildman–Crippen LogP) is 16.1. The summed E-state index contributed by atoms with van der Waals surface area (Å²) >= 11 is 0. The molecule has 65 heavy (non-hydrogen) atoms. The van der Waals surface area contributed by atoms with Gasteiger partial charge in [0, 0.05) is 55.8 Å². The SMILES string of the molecule is CC1CC=Cc2c1n(-c1ccc(-c3cccc4c3-c3ccccc3C43c4ccccc4Oc4ccccc43)cc1)c1ccc(-c3ccc4c(c3)c3ccccc3n4-c3ccccc3)cc21. The topological polar surface area (TPSA) is 19.1 Å². The zero-order chi connectivity index (χ0) is 42.8. The third-order valence-electron chi connectivity index (χ3n) is 14.6. The molecule has 1 spiro atoms. The number of benzene rings is 9. The highest BCUT2D eigenvalue weighted by atomic mass is 16.5. The van der Waals surface area contributed by atoms with Crippen LogP contribution >= 0.6 is 0 Å². The van der Waals surface area contributed by atoms with Gasteiger partial charge in [0.05, 0.1) is 22.0 Å². The summed E-state index contributed by atoms with van der Waals surface area (Å²) in [6.07, 6.45) is 5.73. The average molecular weight is 831 g/mol. The molecule has 1 aliphatic heterocycles. The molecule has 3 heterocycles. The molecule has 1 unspecified atom stereocenters. The van der Waals surface area contributed by atoms with Gasteiger partial charge < -0.3 is 13.9 Å². The number of nitrogens with zero attached hydrogens (tertiary/aromatic N) is 2. The molecule has 2 aliphatic carbocycles.